The molecule has 0 spiro atoms. The minimum absolute atomic E-state index is 0.0376. The van der Waals surface area contributed by atoms with E-state index in [0.29, 0.717) is 11.3 Å². The average Bonchev–Trinajstić information content (AvgIpc) is 2.64. The molecule has 0 saturated carbocycles. The minimum atomic E-state index is -3.66. The topological polar surface area (TPSA) is 81.1 Å². The summed E-state index contributed by atoms with van der Waals surface area (Å²) in [6, 6.07) is 13.2. The van der Waals surface area contributed by atoms with E-state index in [0.717, 1.165) is 4.47 Å². The van der Waals surface area contributed by atoms with Gasteiger partial charge in [0.15, 0.2) is 0 Å². The third-order valence-corrected chi connectivity index (χ3v) is 5.79. The second-order valence-corrected chi connectivity index (χ2v) is 8.35. The van der Waals surface area contributed by atoms with E-state index in [9.17, 15) is 17.6 Å². The summed E-state index contributed by atoms with van der Waals surface area (Å²) in [7, 11) is -3.66. The van der Waals surface area contributed by atoms with Crippen molar-refractivity contribution in [3.8, 4) is 11.3 Å². The molecule has 0 aliphatic heterocycles. The van der Waals surface area contributed by atoms with Gasteiger partial charge in [0, 0.05) is 29.2 Å². The molecule has 1 aromatic heterocycles. The third kappa shape index (κ3) is 4.88. The van der Waals surface area contributed by atoms with Gasteiger partial charge in [-0.05, 0) is 48.5 Å². The summed E-state index contributed by atoms with van der Waals surface area (Å²) in [5, 5.41) is 0. The Balaban J connectivity index is 1.67. The number of benzene rings is 2. The number of sulfonamides is 1. The van der Waals surface area contributed by atoms with Crippen molar-refractivity contribution in [3.63, 3.8) is 0 Å². The van der Waals surface area contributed by atoms with Gasteiger partial charge in [-0.15, -0.1) is 0 Å². The summed E-state index contributed by atoms with van der Waals surface area (Å²) in [5.41, 5.74) is 0.718. The Morgan fingerprint density at radius 2 is 1.74 bits per heavy atom. The summed E-state index contributed by atoms with van der Waals surface area (Å²) in [6.07, 6.45) is 1.34. The van der Waals surface area contributed by atoms with Crippen molar-refractivity contribution in [1.82, 2.24) is 14.3 Å². The van der Waals surface area contributed by atoms with Crippen LogP contribution in [0.1, 0.15) is 0 Å². The lowest BCUT2D eigenvalue weighted by atomic mass is 10.1. The highest BCUT2D eigenvalue weighted by Crippen LogP contribution is 2.15. The minimum Gasteiger partial charge on any atom is -0.298 e. The van der Waals surface area contributed by atoms with Gasteiger partial charge in [0.25, 0.3) is 5.56 Å². The zero-order chi connectivity index (χ0) is 19.4. The van der Waals surface area contributed by atoms with Crippen LogP contribution in [0.15, 0.2) is 75.1 Å². The Kier molecular flexibility index (Phi) is 5.83. The molecule has 0 unspecified atom stereocenters. The van der Waals surface area contributed by atoms with Gasteiger partial charge >= 0.3 is 0 Å². The molecule has 1 N–H and O–H groups in total. The standard InChI is InChI=1S/C18H15BrFN3O3S/c19-14-3-7-16(8-4-14)27(25,26)22-9-10-23-12-21-17(11-18(23)24)13-1-5-15(20)6-2-13/h1-8,11-12,22H,9-10H2. The van der Waals surface area contributed by atoms with Gasteiger partial charge < -0.3 is 0 Å². The number of hydrogen-bond acceptors (Lipinski definition) is 4. The molecule has 3 rings (SSSR count). The van der Waals surface area contributed by atoms with Crippen LogP contribution in [0.25, 0.3) is 11.3 Å². The first-order valence-corrected chi connectivity index (χ1v) is 10.2. The average molecular weight is 452 g/mol. The fraction of sp³-hybridized carbons (Fsp3) is 0.111. The molecule has 9 heteroatoms. The Hall–Kier alpha value is -2.36. The number of halogens is 2. The molecular weight excluding hydrogens is 437 g/mol. The van der Waals surface area contributed by atoms with Gasteiger partial charge in [-0.1, -0.05) is 15.9 Å². The molecule has 2 aromatic carbocycles. The van der Waals surface area contributed by atoms with Gasteiger partial charge in [-0.3, -0.25) is 9.36 Å². The molecule has 0 aliphatic carbocycles. The van der Waals surface area contributed by atoms with Crippen LogP contribution in [0, 0.1) is 5.82 Å². The van der Waals surface area contributed by atoms with Crippen LogP contribution in [0.4, 0.5) is 4.39 Å². The predicted molar refractivity (Wildman–Crippen MR) is 103 cm³/mol. The first-order valence-electron chi connectivity index (χ1n) is 7.93. The van der Waals surface area contributed by atoms with Gasteiger partial charge in [-0.2, -0.15) is 0 Å². The molecule has 0 amide bonds. The van der Waals surface area contributed by atoms with Crippen molar-refractivity contribution in [3.05, 3.63) is 81.6 Å². The quantitative estimate of drug-likeness (QED) is 0.624. The van der Waals surface area contributed by atoms with Crippen molar-refractivity contribution in [2.45, 2.75) is 11.4 Å². The van der Waals surface area contributed by atoms with Crippen LogP contribution in [-0.4, -0.2) is 24.5 Å². The van der Waals surface area contributed by atoms with Crippen molar-refractivity contribution in [2.24, 2.45) is 0 Å². The van der Waals surface area contributed by atoms with E-state index in [4.69, 9.17) is 0 Å². The molecular formula is C18H15BrFN3O3S. The van der Waals surface area contributed by atoms with Crippen molar-refractivity contribution < 1.29 is 12.8 Å². The van der Waals surface area contributed by atoms with Crippen LogP contribution in [0.2, 0.25) is 0 Å². The highest BCUT2D eigenvalue weighted by molar-refractivity contribution is 9.10. The van der Waals surface area contributed by atoms with Crippen LogP contribution in [0.5, 0.6) is 0 Å². The summed E-state index contributed by atoms with van der Waals surface area (Å²) >= 11 is 3.25. The van der Waals surface area contributed by atoms with Gasteiger partial charge in [0.05, 0.1) is 16.9 Å². The fourth-order valence-electron chi connectivity index (χ4n) is 2.37. The first-order chi connectivity index (χ1) is 12.8. The smallest absolute Gasteiger partial charge is 0.253 e. The molecule has 140 valence electrons. The zero-order valence-electron chi connectivity index (χ0n) is 14.0. The molecule has 27 heavy (non-hydrogen) atoms. The maximum atomic E-state index is 13.0. The molecule has 6 nitrogen and oxygen atoms in total. The highest BCUT2D eigenvalue weighted by atomic mass is 79.9. The number of nitrogens with one attached hydrogen (secondary N) is 1. The van der Waals surface area contributed by atoms with E-state index < -0.39 is 10.0 Å². The van der Waals surface area contributed by atoms with Crippen LogP contribution >= 0.6 is 15.9 Å². The number of aromatic nitrogens is 2. The molecule has 0 bridgehead atoms. The van der Waals surface area contributed by atoms with E-state index in [2.05, 4.69) is 25.6 Å². The summed E-state index contributed by atoms with van der Waals surface area (Å²) < 4.78 is 42.0. The molecule has 1 heterocycles. The molecule has 3 aromatic rings. The summed E-state index contributed by atoms with van der Waals surface area (Å²) in [6.45, 7) is 0.168. The lowest BCUT2D eigenvalue weighted by Crippen LogP contribution is -2.30. The van der Waals surface area contributed by atoms with E-state index in [-0.39, 0.29) is 29.4 Å². The van der Waals surface area contributed by atoms with Crippen LogP contribution < -0.4 is 10.3 Å². The monoisotopic (exact) mass is 451 g/mol. The Labute approximate surface area is 163 Å². The second kappa shape index (κ2) is 8.12. The van der Waals surface area contributed by atoms with Crippen molar-refractivity contribution in [1.29, 1.82) is 0 Å². The maximum Gasteiger partial charge on any atom is 0.253 e. The summed E-state index contributed by atoms with van der Waals surface area (Å²) in [4.78, 5) is 16.5. The van der Waals surface area contributed by atoms with Crippen molar-refractivity contribution in [2.75, 3.05) is 6.54 Å². The second-order valence-electron chi connectivity index (χ2n) is 5.66. The van der Waals surface area contributed by atoms with E-state index in [1.165, 1.54) is 53.4 Å². The largest absolute Gasteiger partial charge is 0.298 e. The van der Waals surface area contributed by atoms with E-state index in [1.54, 1.807) is 12.1 Å². The molecule has 0 atom stereocenters. The van der Waals surface area contributed by atoms with E-state index >= 15 is 0 Å². The number of hydrogen-bond donors (Lipinski definition) is 1. The number of rotatable bonds is 6. The highest BCUT2D eigenvalue weighted by Gasteiger charge is 2.13. The normalized spacial score (nSPS) is 11.5. The third-order valence-electron chi connectivity index (χ3n) is 3.79. The van der Waals surface area contributed by atoms with Crippen LogP contribution in [0.3, 0.4) is 0 Å². The van der Waals surface area contributed by atoms with Gasteiger partial charge in [0.2, 0.25) is 10.0 Å². The van der Waals surface area contributed by atoms with Crippen molar-refractivity contribution >= 4 is 26.0 Å². The fourth-order valence-corrected chi connectivity index (χ4v) is 3.66. The van der Waals surface area contributed by atoms with E-state index in [1.807, 2.05) is 0 Å². The van der Waals surface area contributed by atoms with Gasteiger partial charge in [-0.25, -0.2) is 22.5 Å². The molecule has 0 saturated heterocycles. The number of nitrogens with zero attached hydrogens (tertiary/aromatic N) is 2. The molecule has 0 aliphatic rings. The predicted octanol–water partition coefficient (Wildman–Crippen LogP) is 2.79. The maximum absolute atomic E-state index is 13.0. The lowest BCUT2D eigenvalue weighted by Gasteiger charge is -2.09. The SMILES string of the molecule is O=c1cc(-c2ccc(F)cc2)ncn1CCNS(=O)(=O)c1ccc(Br)cc1. The van der Waals surface area contributed by atoms with Crippen LogP contribution in [-0.2, 0) is 16.6 Å². The first kappa shape index (κ1) is 19.4. The lowest BCUT2D eigenvalue weighted by molar-refractivity contribution is 0.569. The molecule has 0 radical (unpaired) electrons. The Bertz CT molecular complexity index is 1100. The molecule has 0 fully saturated rings. The summed E-state index contributed by atoms with van der Waals surface area (Å²) in [5.74, 6) is -0.370. The Morgan fingerprint density at radius 1 is 1.07 bits per heavy atom. The van der Waals surface area contributed by atoms with Gasteiger partial charge in [0.1, 0.15) is 5.82 Å². The Morgan fingerprint density at radius 3 is 2.37 bits per heavy atom. The zero-order valence-corrected chi connectivity index (χ0v) is 16.4.